The second-order valence-corrected chi connectivity index (χ2v) is 7.98. The smallest absolute Gasteiger partial charge is 0.181 e. The van der Waals surface area contributed by atoms with E-state index in [2.05, 4.69) is 34.3 Å². The van der Waals surface area contributed by atoms with Crippen LogP contribution in [0.4, 0.5) is 5.13 Å². The average molecular weight is 368 g/mol. The van der Waals surface area contributed by atoms with Gasteiger partial charge in [0, 0.05) is 17.6 Å². The third-order valence-electron chi connectivity index (χ3n) is 3.94. The van der Waals surface area contributed by atoms with Gasteiger partial charge in [0.2, 0.25) is 0 Å². The summed E-state index contributed by atoms with van der Waals surface area (Å²) in [6.45, 7) is 2.02. The van der Waals surface area contributed by atoms with Crippen LogP contribution in [0.15, 0.2) is 34.7 Å². The predicted molar refractivity (Wildman–Crippen MR) is 103 cm³/mol. The maximum Gasteiger partial charge on any atom is 0.181 e. The van der Waals surface area contributed by atoms with E-state index in [1.165, 1.54) is 28.3 Å². The van der Waals surface area contributed by atoms with Crippen molar-refractivity contribution in [2.75, 3.05) is 11.5 Å². The molecule has 1 aliphatic rings. The summed E-state index contributed by atoms with van der Waals surface area (Å²) in [5.74, 6) is 1.69. The first-order valence-corrected chi connectivity index (χ1v) is 9.48. The molecule has 0 aromatic carbocycles. The zero-order valence-electron chi connectivity index (χ0n) is 13.2. The molecule has 0 spiro atoms. The number of nitrogens with zero attached hydrogens (tertiary/aromatic N) is 2. The Morgan fingerprint density at radius 2 is 2.26 bits per heavy atom. The molecular formula is C17H22ClN3S2. The molecule has 1 unspecified atom stereocenters. The Hall–Kier alpha value is -1.04. The van der Waals surface area contributed by atoms with Gasteiger partial charge in [-0.3, -0.25) is 4.98 Å². The van der Waals surface area contributed by atoms with Gasteiger partial charge in [-0.05, 0) is 56.2 Å². The highest BCUT2D eigenvalue weighted by molar-refractivity contribution is 8.01. The number of aromatic nitrogens is 2. The summed E-state index contributed by atoms with van der Waals surface area (Å²) in [5.41, 5.74) is 9.42. The zero-order chi connectivity index (χ0) is 15.4. The van der Waals surface area contributed by atoms with E-state index >= 15 is 0 Å². The highest BCUT2D eigenvalue weighted by Crippen LogP contribution is 2.31. The van der Waals surface area contributed by atoms with Crippen molar-refractivity contribution in [3.63, 3.8) is 0 Å². The number of allylic oxidation sites excluding steroid dienone is 2. The van der Waals surface area contributed by atoms with Gasteiger partial charge in [-0.15, -0.1) is 24.2 Å². The van der Waals surface area contributed by atoms with Crippen molar-refractivity contribution in [3.05, 3.63) is 47.4 Å². The van der Waals surface area contributed by atoms with E-state index in [1.54, 1.807) is 11.3 Å². The summed E-state index contributed by atoms with van der Waals surface area (Å²) in [6, 6.07) is 4.47. The van der Waals surface area contributed by atoms with Gasteiger partial charge in [-0.1, -0.05) is 23.5 Å². The monoisotopic (exact) mass is 367 g/mol. The Morgan fingerprint density at radius 3 is 2.96 bits per heavy atom. The topological polar surface area (TPSA) is 51.8 Å². The molecule has 1 aliphatic carbocycles. The molecule has 2 N–H and O–H groups in total. The molecule has 2 heterocycles. The van der Waals surface area contributed by atoms with Crippen molar-refractivity contribution in [2.24, 2.45) is 0 Å². The molecule has 0 bridgehead atoms. The highest BCUT2D eigenvalue weighted by Gasteiger charge is 2.13. The highest BCUT2D eigenvalue weighted by atomic mass is 35.5. The van der Waals surface area contributed by atoms with Crippen molar-refractivity contribution in [1.82, 2.24) is 9.97 Å². The van der Waals surface area contributed by atoms with E-state index in [0.29, 0.717) is 11.0 Å². The van der Waals surface area contributed by atoms with Gasteiger partial charge in [0.1, 0.15) is 0 Å². The number of thiazole rings is 1. The summed E-state index contributed by atoms with van der Waals surface area (Å²) in [7, 11) is 0. The van der Waals surface area contributed by atoms with Crippen molar-refractivity contribution < 1.29 is 0 Å². The van der Waals surface area contributed by atoms with Gasteiger partial charge in [0.05, 0.1) is 9.90 Å². The van der Waals surface area contributed by atoms with Gasteiger partial charge in [-0.2, -0.15) is 0 Å². The number of thioether (sulfide) groups is 1. The summed E-state index contributed by atoms with van der Waals surface area (Å²) in [6.07, 6.45) is 11.2. The molecule has 23 heavy (non-hydrogen) atoms. The van der Waals surface area contributed by atoms with E-state index in [0.717, 1.165) is 24.3 Å². The maximum atomic E-state index is 5.74. The number of nitrogens with two attached hydrogens (primary N) is 1. The molecule has 3 rings (SSSR count). The zero-order valence-corrected chi connectivity index (χ0v) is 15.6. The molecule has 3 nitrogen and oxygen atoms in total. The van der Waals surface area contributed by atoms with E-state index in [1.807, 2.05) is 24.9 Å². The number of halogens is 1. The quantitative estimate of drug-likeness (QED) is 0.596. The van der Waals surface area contributed by atoms with E-state index < -0.39 is 0 Å². The molecule has 124 valence electrons. The first kappa shape index (κ1) is 18.3. The lowest BCUT2D eigenvalue weighted by Gasteiger charge is -2.18. The molecule has 2 aromatic rings. The molecule has 0 fully saturated rings. The van der Waals surface area contributed by atoms with Crippen molar-refractivity contribution in [2.45, 2.75) is 42.7 Å². The normalized spacial score (nSPS) is 17.0. The minimum atomic E-state index is 0. The lowest BCUT2D eigenvalue weighted by Crippen LogP contribution is -2.03. The number of nitrogen functional groups attached to an aromatic ring is 1. The van der Waals surface area contributed by atoms with Crippen molar-refractivity contribution in [3.8, 4) is 0 Å². The van der Waals surface area contributed by atoms with Crippen LogP contribution < -0.4 is 5.73 Å². The van der Waals surface area contributed by atoms with E-state index in [9.17, 15) is 0 Å². The van der Waals surface area contributed by atoms with Crippen LogP contribution in [0.2, 0.25) is 0 Å². The molecule has 0 saturated heterocycles. The minimum Gasteiger partial charge on any atom is -0.375 e. The first-order valence-electron chi connectivity index (χ1n) is 7.68. The van der Waals surface area contributed by atoms with E-state index in [4.69, 9.17) is 5.73 Å². The molecular weight excluding hydrogens is 346 g/mol. The van der Waals surface area contributed by atoms with Crippen molar-refractivity contribution in [1.29, 1.82) is 0 Å². The first-order chi connectivity index (χ1) is 10.7. The summed E-state index contributed by atoms with van der Waals surface area (Å²) < 4.78 is 1.23. The maximum absolute atomic E-state index is 5.74. The summed E-state index contributed by atoms with van der Waals surface area (Å²) in [5, 5.41) is 0.658. The van der Waals surface area contributed by atoms with Gasteiger partial charge in [-0.25, -0.2) is 4.98 Å². The number of aryl methyl sites for hydroxylation is 2. The van der Waals surface area contributed by atoms with Crippen LogP contribution in [-0.4, -0.2) is 15.7 Å². The molecule has 0 saturated carbocycles. The van der Waals surface area contributed by atoms with E-state index in [-0.39, 0.29) is 12.4 Å². The molecule has 6 heteroatoms. The SMILES string of the molecule is Cc1nc(N)sc1SCCc1cc(C2CC=CCC2)ccn1.Cl. The van der Waals surface area contributed by atoms with Crippen LogP contribution in [0.5, 0.6) is 0 Å². The van der Waals surface area contributed by atoms with Crippen LogP contribution in [0.1, 0.15) is 42.1 Å². The van der Waals surface area contributed by atoms with Crippen LogP contribution >= 0.6 is 35.5 Å². The Labute approximate surface area is 152 Å². The van der Waals surface area contributed by atoms with Crippen LogP contribution in [0.3, 0.4) is 0 Å². The molecule has 1 atom stereocenters. The van der Waals surface area contributed by atoms with Gasteiger partial charge in [0.25, 0.3) is 0 Å². The second kappa shape index (κ2) is 8.71. The van der Waals surface area contributed by atoms with Gasteiger partial charge < -0.3 is 5.73 Å². The number of anilines is 1. The molecule has 0 aliphatic heterocycles. The minimum absolute atomic E-state index is 0. The summed E-state index contributed by atoms with van der Waals surface area (Å²) >= 11 is 3.41. The predicted octanol–water partition coefficient (Wildman–Crippen LogP) is 5.01. The van der Waals surface area contributed by atoms with Crippen LogP contribution in [0.25, 0.3) is 0 Å². The fourth-order valence-corrected chi connectivity index (χ4v) is 4.83. The second-order valence-electron chi connectivity index (χ2n) is 5.59. The lowest BCUT2D eigenvalue weighted by molar-refractivity contribution is 0.615. The average Bonchev–Trinajstić information content (AvgIpc) is 2.86. The number of rotatable bonds is 5. The Bertz CT molecular complexity index is 670. The fourth-order valence-electron chi connectivity index (χ4n) is 2.77. The standard InChI is InChI=1S/C17H21N3S2.ClH/c1-12-16(22-17(18)20-12)21-10-8-15-11-14(7-9-19-15)13-5-3-2-4-6-13;/h2-3,7,9,11,13H,4-6,8,10H2,1H3,(H2,18,20);1H. The Kier molecular flexibility index (Phi) is 6.93. The number of hydrogen-bond acceptors (Lipinski definition) is 5. The third-order valence-corrected chi connectivity index (χ3v) is 6.29. The molecule has 2 aromatic heterocycles. The fraction of sp³-hybridized carbons (Fsp3) is 0.412. The lowest BCUT2D eigenvalue weighted by atomic mass is 9.88. The summed E-state index contributed by atoms with van der Waals surface area (Å²) in [4.78, 5) is 8.79. The third kappa shape index (κ3) is 4.96. The van der Waals surface area contributed by atoms with Gasteiger partial charge in [0.15, 0.2) is 5.13 Å². The number of pyridine rings is 1. The van der Waals surface area contributed by atoms with Gasteiger partial charge >= 0.3 is 0 Å². The number of hydrogen-bond donors (Lipinski definition) is 1. The van der Waals surface area contributed by atoms with Crippen LogP contribution in [0, 0.1) is 6.92 Å². The Morgan fingerprint density at radius 1 is 1.39 bits per heavy atom. The Balaban J connectivity index is 0.00000192. The molecule has 0 amide bonds. The largest absolute Gasteiger partial charge is 0.375 e. The van der Waals surface area contributed by atoms with Crippen LogP contribution in [-0.2, 0) is 6.42 Å². The molecule has 0 radical (unpaired) electrons. The van der Waals surface area contributed by atoms with Crippen molar-refractivity contribution >= 4 is 40.6 Å².